The highest BCUT2D eigenvalue weighted by molar-refractivity contribution is 5.27. The van der Waals surface area contributed by atoms with Crippen molar-refractivity contribution >= 4 is 0 Å². The second kappa shape index (κ2) is 6.31. The molecule has 1 aromatic heterocycles. The fourth-order valence-corrected chi connectivity index (χ4v) is 2.17. The van der Waals surface area contributed by atoms with Crippen molar-refractivity contribution in [3.05, 3.63) is 65.5 Å². The molecule has 2 rings (SSSR count). The van der Waals surface area contributed by atoms with Gasteiger partial charge in [0.25, 0.3) is 0 Å². The largest absolute Gasteiger partial charge is 0.309 e. The van der Waals surface area contributed by atoms with Gasteiger partial charge in [-0.3, -0.25) is 4.98 Å². The minimum Gasteiger partial charge on any atom is -0.309 e. The zero-order valence-electron chi connectivity index (χ0n) is 11.1. The van der Waals surface area contributed by atoms with Crippen LogP contribution in [0.5, 0.6) is 0 Å². The Labute approximate surface area is 109 Å². The van der Waals surface area contributed by atoms with Crippen LogP contribution in [0.4, 0.5) is 0 Å². The van der Waals surface area contributed by atoms with Crippen molar-refractivity contribution < 1.29 is 0 Å². The van der Waals surface area contributed by atoms with Gasteiger partial charge in [-0.05, 0) is 43.1 Å². The summed E-state index contributed by atoms with van der Waals surface area (Å²) in [4.78, 5) is 4.46. The van der Waals surface area contributed by atoms with Crippen LogP contribution < -0.4 is 5.32 Å². The average Bonchev–Trinajstić information content (AvgIpc) is 2.42. The summed E-state index contributed by atoms with van der Waals surface area (Å²) in [6.07, 6.45) is 2.84. The van der Waals surface area contributed by atoms with Gasteiger partial charge in [-0.25, -0.2) is 0 Å². The predicted molar refractivity (Wildman–Crippen MR) is 75.5 cm³/mol. The molecule has 94 valence electrons. The van der Waals surface area contributed by atoms with Crippen LogP contribution in [0, 0.1) is 6.92 Å². The van der Waals surface area contributed by atoms with Gasteiger partial charge in [-0.1, -0.05) is 37.3 Å². The Kier molecular flexibility index (Phi) is 4.48. The molecule has 1 atom stereocenters. The van der Waals surface area contributed by atoms with Crippen LogP contribution in [0.1, 0.15) is 29.8 Å². The number of aryl methyl sites for hydroxylation is 1. The molecule has 2 aromatic rings. The first kappa shape index (κ1) is 12.8. The number of nitrogens with one attached hydrogen (secondary N) is 1. The minimum atomic E-state index is 0.289. The minimum absolute atomic E-state index is 0.289. The third kappa shape index (κ3) is 3.17. The molecule has 2 nitrogen and oxygen atoms in total. The zero-order valence-corrected chi connectivity index (χ0v) is 11.1. The first-order valence-corrected chi connectivity index (χ1v) is 6.50. The summed E-state index contributed by atoms with van der Waals surface area (Å²) in [5.41, 5.74) is 3.84. The summed E-state index contributed by atoms with van der Waals surface area (Å²) in [6.45, 7) is 5.25. The Morgan fingerprint density at radius 1 is 1.11 bits per heavy atom. The molecule has 1 heterocycles. The Bertz CT molecular complexity index is 479. The summed E-state index contributed by atoms with van der Waals surface area (Å²) in [6, 6.07) is 14.9. The van der Waals surface area contributed by atoms with Crippen LogP contribution in [0.3, 0.4) is 0 Å². The van der Waals surface area contributed by atoms with E-state index in [1.54, 1.807) is 0 Å². The van der Waals surface area contributed by atoms with Crippen LogP contribution in [-0.4, -0.2) is 11.5 Å². The van der Waals surface area contributed by atoms with Gasteiger partial charge in [-0.15, -0.1) is 0 Å². The van der Waals surface area contributed by atoms with E-state index in [1.807, 2.05) is 18.3 Å². The normalized spacial score (nSPS) is 12.3. The number of rotatable bonds is 5. The molecule has 1 unspecified atom stereocenters. The summed E-state index contributed by atoms with van der Waals surface area (Å²) >= 11 is 0. The van der Waals surface area contributed by atoms with Gasteiger partial charge in [0, 0.05) is 6.20 Å². The second-order valence-electron chi connectivity index (χ2n) is 4.50. The summed E-state index contributed by atoms with van der Waals surface area (Å²) < 4.78 is 0. The number of aromatic nitrogens is 1. The van der Waals surface area contributed by atoms with E-state index in [0.717, 1.165) is 18.7 Å². The van der Waals surface area contributed by atoms with Crippen LogP contribution in [0.15, 0.2) is 48.7 Å². The molecular weight excluding hydrogens is 220 g/mol. The molecule has 0 bridgehead atoms. The topological polar surface area (TPSA) is 24.9 Å². The average molecular weight is 240 g/mol. The van der Waals surface area contributed by atoms with Crippen molar-refractivity contribution in [1.29, 1.82) is 0 Å². The zero-order chi connectivity index (χ0) is 12.8. The molecule has 0 aliphatic rings. The first-order valence-electron chi connectivity index (χ1n) is 6.50. The second-order valence-corrected chi connectivity index (χ2v) is 4.50. The highest BCUT2D eigenvalue weighted by Crippen LogP contribution is 2.18. The maximum Gasteiger partial charge on any atom is 0.0576 e. The number of hydrogen-bond acceptors (Lipinski definition) is 2. The molecule has 1 aromatic carbocycles. The van der Waals surface area contributed by atoms with Crippen molar-refractivity contribution in [3.63, 3.8) is 0 Å². The van der Waals surface area contributed by atoms with Crippen LogP contribution >= 0.6 is 0 Å². The van der Waals surface area contributed by atoms with Gasteiger partial charge < -0.3 is 5.32 Å². The van der Waals surface area contributed by atoms with Crippen molar-refractivity contribution in [2.75, 3.05) is 6.54 Å². The van der Waals surface area contributed by atoms with Gasteiger partial charge in [-0.2, -0.15) is 0 Å². The lowest BCUT2D eigenvalue weighted by atomic mass is 9.99. The van der Waals surface area contributed by atoms with Crippen molar-refractivity contribution in [2.24, 2.45) is 0 Å². The Morgan fingerprint density at radius 3 is 2.56 bits per heavy atom. The highest BCUT2D eigenvalue weighted by atomic mass is 14.9. The van der Waals surface area contributed by atoms with E-state index < -0.39 is 0 Å². The van der Waals surface area contributed by atoms with Crippen molar-refractivity contribution in [2.45, 2.75) is 26.3 Å². The monoisotopic (exact) mass is 240 g/mol. The molecule has 0 aliphatic carbocycles. The molecule has 1 N–H and O–H groups in total. The molecule has 18 heavy (non-hydrogen) atoms. The van der Waals surface area contributed by atoms with Crippen LogP contribution in [0.25, 0.3) is 0 Å². The Balaban J connectivity index is 2.19. The number of hydrogen-bond donors (Lipinski definition) is 1. The van der Waals surface area contributed by atoms with Gasteiger partial charge >= 0.3 is 0 Å². The lowest BCUT2D eigenvalue weighted by Crippen LogP contribution is -2.24. The third-order valence-electron chi connectivity index (χ3n) is 3.18. The standard InChI is InChI=1S/C16H20N2/c1-3-17-16(15-10-6-7-11-18-15)12-14-9-5-4-8-13(14)2/h4-11,16-17H,3,12H2,1-2H3. The Hall–Kier alpha value is -1.67. The molecular formula is C16H20N2. The fourth-order valence-electron chi connectivity index (χ4n) is 2.17. The number of nitrogens with zero attached hydrogens (tertiary/aromatic N) is 1. The molecule has 0 radical (unpaired) electrons. The van der Waals surface area contributed by atoms with Crippen LogP contribution in [0.2, 0.25) is 0 Å². The molecule has 0 fully saturated rings. The molecule has 0 aliphatic heterocycles. The van der Waals surface area contributed by atoms with Gasteiger partial charge in [0.15, 0.2) is 0 Å². The van der Waals surface area contributed by atoms with Gasteiger partial charge in [0.2, 0.25) is 0 Å². The molecule has 2 heteroatoms. The van der Waals surface area contributed by atoms with Crippen molar-refractivity contribution in [1.82, 2.24) is 10.3 Å². The lowest BCUT2D eigenvalue weighted by molar-refractivity contribution is 0.536. The number of benzene rings is 1. The van der Waals surface area contributed by atoms with E-state index in [-0.39, 0.29) is 6.04 Å². The predicted octanol–water partition coefficient (Wildman–Crippen LogP) is 3.28. The van der Waals surface area contributed by atoms with E-state index >= 15 is 0 Å². The van der Waals surface area contributed by atoms with E-state index in [4.69, 9.17) is 0 Å². The SMILES string of the molecule is CCNC(Cc1ccccc1C)c1ccccn1. The van der Waals surface area contributed by atoms with E-state index in [1.165, 1.54) is 11.1 Å². The molecule has 0 saturated carbocycles. The summed E-state index contributed by atoms with van der Waals surface area (Å²) in [5, 5.41) is 3.51. The third-order valence-corrected chi connectivity index (χ3v) is 3.18. The highest BCUT2D eigenvalue weighted by Gasteiger charge is 2.12. The summed E-state index contributed by atoms with van der Waals surface area (Å²) in [5.74, 6) is 0. The van der Waals surface area contributed by atoms with Crippen LogP contribution in [-0.2, 0) is 6.42 Å². The molecule has 0 amide bonds. The lowest BCUT2D eigenvalue weighted by Gasteiger charge is -2.18. The fraction of sp³-hybridized carbons (Fsp3) is 0.312. The molecule has 0 spiro atoms. The quantitative estimate of drug-likeness (QED) is 0.867. The number of likely N-dealkylation sites (N-methyl/N-ethyl adjacent to an activating group) is 1. The van der Waals surface area contributed by atoms with Crippen molar-refractivity contribution in [3.8, 4) is 0 Å². The van der Waals surface area contributed by atoms with Gasteiger partial charge in [0.1, 0.15) is 0 Å². The maximum absolute atomic E-state index is 4.46. The Morgan fingerprint density at radius 2 is 1.89 bits per heavy atom. The first-order chi connectivity index (χ1) is 8.81. The maximum atomic E-state index is 4.46. The smallest absolute Gasteiger partial charge is 0.0576 e. The summed E-state index contributed by atoms with van der Waals surface area (Å²) in [7, 11) is 0. The molecule has 0 saturated heterocycles. The van der Waals surface area contributed by atoms with E-state index in [9.17, 15) is 0 Å². The van der Waals surface area contributed by atoms with Gasteiger partial charge in [0.05, 0.1) is 11.7 Å². The van der Waals surface area contributed by atoms with E-state index in [0.29, 0.717) is 0 Å². The van der Waals surface area contributed by atoms with E-state index in [2.05, 4.69) is 54.5 Å². The number of pyridine rings is 1.